The first-order valence-electron chi connectivity index (χ1n) is 5.63. The fourth-order valence-electron chi connectivity index (χ4n) is 1.12. The monoisotopic (exact) mass is 234 g/mol. The SMILES string of the molecule is COCCOCCOCCCCCC(=O)O. The van der Waals surface area contributed by atoms with Gasteiger partial charge in [-0.05, 0) is 12.8 Å². The van der Waals surface area contributed by atoms with Crippen LogP contribution in [-0.2, 0) is 19.0 Å². The molecule has 0 amide bonds. The van der Waals surface area contributed by atoms with E-state index in [1.807, 2.05) is 0 Å². The van der Waals surface area contributed by atoms with Gasteiger partial charge in [0.05, 0.1) is 26.4 Å². The molecule has 5 nitrogen and oxygen atoms in total. The molecular formula is C11H22O5. The van der Waals surface area contributed by atoms with Crippen molar-refractivity contribution in [2.24, 2.45) is 0 Å². The average Bonchev–Trinajstić information content (AvgIpc) is 2.25. The highest BCUT2D eigenvalue weighted by atomic mass is 16.5. The second-order valence-electron chi connectivity index (χ2n) is 3.42. The van der Waals surface area contributed by atoms with Crippen LogP contribution in [0.5, 0.6) is 0 Å². The lowest BCUT2D eigenvalue weighted by Gasteiger charge is -2.05. The lowest BCUT2D eigenvalue weighted by Crippen LogP contribution is -2.08. The minimum atomic E-state index is -0.729. The first-order valence-corrected chi connectivity index (χ1v) is 5.63. The van der Waals surface area contributed by atoms with Gasteiger partial charge in [-0.3, -0.25) is 4.79 Å². The molecule has 0 bridgehead atoms. The van der Waals surface area contributed by atoms with Crippen molar-refractivity contribution >= 4 is 5.97 Å². The van der Waals surface area contributed by atoms with E-state index in [0.29, 0.717) is 33.0 Å². The number of methoxy groups -OCH3 is 1. The smallest absolute Gasteiger partial charge is 0.303 e. The molecule has 0 aromatic heterocycles. The van der Waals surface area contributed by atoms with Gasteiger partial charge in [-0.25, -0.2) is 0 Å². The molecule has 96 valence electrons. The molecule has 0 radical (unpaired) electrons. The molecule has 0 aromatic carbocycles. The molecule has 0 rings (SSSR count). The normalized spacial score (nSPS) is 10.6. The van der Waals surface area contributed by atoms with Crippen molar-refractivity contribution in [3.8, 4) is 0 Å². The van der Waals surface area contributed by atoms with Crippen LogP contribution in [0.2, 0.25) is 0 Å². The van der Waals surface area contributed by atoms with Gasteiger partial charge in [0, 0.05) is 20.1 Å². The van der Waals surface area contributed by atoms with E-state index >= 15 is 0 Å². The number of rotatable bonds is 12. The predicted octanol–water partition coefficient (Wildman–Crippen LogP) is 1.31. The quantitative estimate of drug-likeness (QED) is 0.516. The number of hydrogen-bond donors (Lipinski definition) is 1. The van der Waals surface area contributed by atoms with Gasteiger partial charge in [0.2, 0.25) is 0 Å². The van der Waals surface area contributed by atoms with Gasteiger partial charge in [0.25, 0.3) is 0 Å². The third-order valence-corrected chi connectivity index (χ3v) is 1.98. The third kappa shape index (κ3) is 13.4. The van der Waals surface area contributed by atoms with Crippen molar-refractivity contribution in [3.05, 3.63) is 0 Å². The molecule has 0 atom stereocenters. The molecule has 0 aliphatic rings. The Morgan fingerprint density at radius 1 is 0.938 bits per heavy atom. The van der Waals surface area contributed by atoms with Crippen LogP contribution in [0.25, 0.3) is 0 Å². The van der Waals surface area contributed by atoms with E-state index in [2.05, 4.69) is 0 Å². The van der Waals surface area contributed by atoms with Crippen LogP contribution in [0.15, 0.2) is 0 Å². The fourth-order valence-corrected chi connectivity index (χ4v) is 1.12. The summed E-state index contributed by atoms with van der Waals surface area (Å²) in [6.45, 7) is 3.04. The zero-order chi connectivity index (χ0) is 12.1. The lowest BCUT2D eigenvalue weighted by molar-refractivity contribution is -0.137. The van der Waals surface area contributed by atoms with Gasteiger partial charge in [0.15, 0.2) is 0 Å². The number of aliphatic carboxylic acids is 1. The zero-order valence-corrected chi connectivity index (χ0v) is 9.94. The van der Waals surface area contributed by atoms with Crippen molar-refractivity contribution in [1.82, 2.24) is 0 Å². The zero-order valence-electron chi connectivity index (χ0n) is 9.94. The summed E-state index contributed by atoms with van der Waals surface area (Å²) in [5.41, 5.74) is 0. The fraction of sp³-hybridized carbons (Fsp3) is 0.909. The van der Waals surface area contributed by atoms with E-state index in [1.54, 1.807) is 7.11 Å². The molecule has 0 aromatic rings. The molecule has 5 heteroatoms. The van der Waals surface area contributed by atoms with Crippen molar-refractivity contribution in [1.29, 1.82) is 0 Å². The van der Waals surface area contributed by atoms with Crippen LogP contribution in [0.1, 0.15) is 25.7 Å². The predicted molar refractivity (Wildman–Crippen MR) is 59.6 cm³/mol. The molecule has 0 fully saturated rings. The van der Waals surface area contributed by atoms with Crippen molar-refractivity contribution in [2.45, 2.75) is 25.7 Å². The lowest BCUT2D eigenvalue weighted by atomic mass is 10.2. The Morgan fingerprint density at radius 3 is 2.19 bits per heavy atom. The van der Waals surface area contributed by atoms with Crippen LogP contribution in [0, 0.1) is 0 Å². The Hall–Kier alpha value is -0.650. The second-order valence-corrected chi connectivity index (χ2v) is 3.42. The Balaban J connectivity index is 2.90. The number of ether oxygens (including phenoxy) is 3. The maximum Gasteiger partial charge on any atom is 0.303 e. The van der Waals surface area contributed by atoms with Gasteiger partial charge in [-0.1, -0.05) is 6.42 Å². The Morgan fingerprint density at radius 2 is 1.56 bits per heavy atom. The molecule has 0 aliphatic heterocycles. The summed E-state index contributed by atoms with van der Waals surface area (Å²) in [5.74, 6) is -0.729. The van der Waals surface area contributed by atoms with E-state index in [-0.39, 0.29) is 6.42 Å². The number of carbonyl (C=O) groups is 1. The number of unbranched alkanes of at least 4 members (excludes halogenated alkanes) is 2. The van der Waals surface area contributed by atoms with Gasteiger partial charge in [-0.15, -0.1) is 0 Å². The molecule has 16 heavy (non-hydrogen) atoms. The summed E-state index contributed by atoms with van der Waals surface area (Å²) < 4.78 is 15.3. The van der Waals surface area contributed by atoms with E-state index < -0.39 is 5.97 Å². The average molecular weight is 234 g/mol. The maximum atomic E-state index is 10.2. The Kier molecular flexibility index (Phi) is 11.9. The highest BCUT2D eigenvalue weighted by Gasteiger charge is 1.96. The summed E-state index contributed by atoms with van der Waals surface area (Å²) in [7, 11) is 1.64. The van der Waals surface area contributed by atoms with Crippen molar-refractivity contribution in [2.75, 3.05) is 40.1 Å². The van der Waals surface area contributed by atoms with Crippen LogP contribution in [-0.4, -0.2) is 51.2 Å². The van der Waals surface area contributed by atoms with Gasteiger partial charge >= 0.3 is 5.97 Å². The summed E-state index contributed by atoms with van der Waals surface area (Å²) in [6, 6.07) is 0. The van der Waals surface area contributed by atoms with E-state index in [4.69, 9.17) is 19.3 Å². The molecule has 0 heterocycles. The topological polar surface area (TPSA) is 65.0 Å². The minimum Gasteiger partial charge on any atom is -0.481 e. The van der Waals surface area contributed by atoms with Crippen molar-refractivity contribution < 1.29 is 24.1 Å². The van der Waals surface area contributed by atoms with E-state index in [9.17, 15) is 4.79 Å². The Bertz CT molecular complexity index is 160. The van der Waals surface area contributed by atoms with Gasteiger partial charge in [0.1, 0.15) is 0 Å². The van der Waals surface area contributed by atoms with Gasteiger partial charge in [-0.2, -0.15) is 0 Å². The largest absolute Gasteiger partial charge is 0.481 e. The number of hydrogen-bond acceptors (Lipinski definition) is 4. The van der Waals surface area contributed by atoms with E-state index in [1.165, 1.54) is 0 Å². The number of carboxylic acid groups (broad SMARTS) is 1. The highest BCUT2D eigenvalue weighted by Crippen LogP contribution is 1.99. The van der Waals surface area contributed by atoms with Crippen LogP contribution in [0.3, 0.4) is 0 Å². The summed E-state index contributed by atoms with van der Waals surface area (Å²) in [5, 5.41) is 8.40. The summed E-state index contributed by atoms with van der Waals surface area (Å²) in [4.78, 5) is 10.2. The summed E-state index contributed by atoms with van der Waals surface area (Å²) in [6.07, 6.45) is 2.78. The maximum absolute atomic E-state index is 10.2. The minimum absolute atomic E-state index is 0.250. The summed E-state index contributed by atoms with van der Waals surface area (Å²) >= 11 is 0. The molecule has 0 saturated carbocycles. The second kappa shape index (κ2) is 12.4. The first kappa shape index (κ1) is 15.3. The third-order valence-electron chi connectivity index (χ3n) is 1.98. The molecule has 1 N–H and O–H groups in total. The molecule has 0 saturated heterocycles. The molecule has 0 spiro atoms. The molecule has 0 unspecified atom stereocenters. The van der Waals surface area contributed by atoms with Crippen LogP contribution in [0.4, 0.5) is 0 Å². The highest BCUT2D eigenvalue weighted by molar-refractivity contribution is 5.66. The molecular weight excluding hydrogens is 212 g/mol. The van der Waals surface area contributed by atoms with Crippen LogP contribution < -0.4 is 0 Å². The van der Waals surface area contributed by atoms with Gasteiger partial charge < -0.3 is 19.3 Å². The first-order chi connectivity index (χ1) is 7.77. The van der Waals surface area contributed by atoms with E-state index in [0.717, 1.165) is 19.3 Å². The standard InChI is InChI=1S/C11H22O5/c1-14-7-8-16-10-9-15-6-4-2-3-5-11(12)13/h2-10H2,1H3,(H,12,13). The Labute approximate surface area is 96.7 Å². The van der Waals surface area contributed by atoms with Crippen molar-refractivity contribution in [3.63, 3.8) is 0 Å². The molecule has 0 aliphatic carbocycles. The van der Waals surface area contributed by atoms with Crippen LogP contribution >= 0.6 is 0 Å². The number of carboxylic acids is 1.